The van der Waals surface area contributed by atoms with Gasteiger partial charge in [-0.25, -0.2) is 8.78 Å². The third-order valence-electron chi connectivity index (χ3n) is 3.16. The van der Waals surface area contributed by atoms with E-state index in [0.29, 0.717) is 0 Å². The van der Waals surface area contributed by atoms with Crippen LogP contribution < -0.4 is 4.74 Å². The van der Waals surface area contributed by atoms with Gasteiger partial charge in [0.05, 0.1) is 10.0 Å². The molecule has 0 aliphatic carbocycles. The number of aromatic nitrogens is 2. The van der Waals surface area contributed by atoms with E-state index < -0.39 is 35.2 Å². The van der Waals surface area contributed by atoms with Gasteiger partial charge < -0.3 is 9.15 Å². The van der Waals surface area contributed by atoms with E-state index in [9.17, 15) is 22.0 Å². The minimum atomic E-state index is -4.95. The van der Waals surface area contributed by atoms with E-state index >= 15 is 0 Å². The smallest absolute Gasteiger partial charge is 0.409 e. The highest BCUT2D eigenvalue weighted by atomic mass is 35.5. The van der Waals surface area contributed by atoms with Gasteiger partial charge in [-0.3, -0.25) is 0 Å². The van der Waals surface area contributed by atoms with Gasteiger partial charge in [-0.05, 0) is 24.4 Å². The standard InChI is InChI=1S/C15H5Cl2F5N2O2S/c16-7-4-6(26-15(20,21)22)5-8(17)12(7)24-14(27)25-13(23-24)11-9(18)2-1-3-10(11)19/h1-5H. The first-order valence-corrected chi connectivity index (χ1v) is 8.03. The lowest BCUT2D eigenvalue weighted by molar-refractivity contribution is -0.274. The molecule has 0 atom stereocenters. The molecule has 2 aromatic carbocycles. The zero-order valence-electron chi connectivity index (χ0n) is 12.7. The molecule has 0 saturated heterocycles. The fourth-order valence-electron chi connectivity index (χ4n) is 2.16. The fraction of sp³-hybridized carbons (Fsp3) is 0.0667. The van der Waals surface area contributed by atoms with Crippen LogP contribution >= 0.6 is 35.4 Å². The van der Waals surface area contributed by atoms with Gasteiger partial charge in [0.25, 0.3) is 10.7 Å². The Labute approximate surface area is 162 Å². The Bertz CT molecular complexity index is 1040. The van der Waals surface area contributed by atoms with Crippen molar-refractivity contribution in [1.82, 2.24) is 9.78 Å². The van der Waals surface area contributed by atoms with E-state index in [1.165, 1.54) is 0 Å². The van der Waals surface area contributed by atoms with Gasteiger partial charge in [0.1, 0.15) is 28.6 Å². The van der Waals surface area contributed by atoms with E-state index in [1.807, 2.05) is 0 Å². The van der Waals surface area contributed by atoms with E-state index in [0.717, 1.165) is 35.0 Å². The number of halogens is 7. The van der Waals surface area contributed by atoms with E-state index in [2.05, 4.69) is 9.84 Å². The number of alkyl halides is 3. The molecule has 0 bridgehead atoms. The van der Waals surface area contributed by atoms with Crippen LogP contribution in [-0.2, 0) is 0 Å². The molecule has 3 rings (SSSR count). The highest BCUT2D eigenvalue weighted by Crippen LogP contribution is 2.36. The quantitative estimate of drug-likeness (QED) is 0.350. The van der Waals surface area contributed by atoms with Crippen LogP contribution in [0.1, 0.15) is 0 Å². The summed E-state index contributed by atoms with van der Waals surface area (Å²) in [5, 5.41) is 3.21. The Kier molecular flexibility index (Phi) is 5.15. The number of hydrogen-bond acceptors (Lipinski definition) is 4. The molecule has 0 aliphatic rings. The van der Waals surface area contributed by atoms with Crippen molar-refractivity contribution in [2.75, 3.05) is 0 Å². The lowest BCUT2D eigenvalue weighted by Gasteiger charge is -2.12. The Hall–Kier alpha value is -2.17. The highest BCUT2D eigenvalue weighted by molar-refractivity contribution is 7.71. The maximum atomic E-state index is 13.9. The largest absolute Gasteiger partial charge is 0.573 e. The highest BCUT2D eigenvalue weighted by Gasteiger charge is 2.32. The van der Waals surface area contributed by atoms with Crippen molar-refractivity contribution in [3.63, 3.8) is 0 Å². The van der Waals surface area contributed by atoms with Crippen molar-refractivity contribution in [3.05, 3.63) is 56.8 Å². The van der Waals surface area contributed by atoms with Crippen molar-refractivity contribution in [2.45, 2.75) is 6.36 Å². The molecule has 0 aliphatic heterocycles. The number of ether oxygens (including phenoxy) is 1. The second-order valence-electron chi connectivity index (χ2n) is 4.96. The molecule has 27 heavy (non-hydrogen) atoms. The first-order chi connectivity index (χ1) is 12.6. The summed E-state index contributed by atoms with van der Waals surface area (Å²) in [7, 11) is 0. The summed E-state index contributed by atoms with van der Waals surface area (Å²) in [6.07, 6.45) is -4.95. The molecule has 1 aromatic heterocycles. The van der Waals surface area contributed by atoms with Crippen molar-refractivity contribution in [3.8, 4) is 22.9 Å². The zero-order chi connectivity index (χ0) is 19.9. The maximum absolute atomic E-state index is 13.9. The molecule has 0 fully saturated rings. The summed E-state index contributed by atoms with van der Waals surface area (Å²) < 4.78 is 74.4. The molecule has 0 N–H and O–H groups in total. The lowest BCUT2D eigenvalue weighted by atomic mass is 10.2. The summed E-state index contributed by atoms with van der Waals surface area (Å²) in [4.78, 5) is -0.388. The topological polar surface area (TPSA) is 40.2 Å². The molecule has 12 heteroatoms. The minimum absolute atomic E-state index is 0.149. The first-order valence-electron chi connectivity index (χ1n) is 6.86. The molecule has 0 radical (unpaired) electrons. The minimum Gasteiger partial charge on any atom is -0.409 e. The average molecular weight is 443 g/mol. The van der Waals surface area contributed by atoms with Crippen LogP contribution in [0.3, 0.4) is 0 Å². The molecule has 1 heterocycles. The van der Waals surface area contributed by atoms with Crippen molar-refractivity contribution >= 4 is 35.4 Å². The molecule has 0 spiro atoms. The van der Waals surface area contributed by atoms with Gasteiger partial charge >= 0.3 is 6.36 Å². The van der Waals surface area contributed by atoms with Crippen LogP contribution in [0.4, 0.5) is 22.0 Å². The van der Waals surface area contributed by atoms with Gasteiger partial charge in [-0.2, -0.15) is 4.68 Å². The normalized spacial score (nSPS) is 11.7. The van der Waals surface area contributed by atoms with E-state index in [4.69, 9.17) is 39.8 Å². The van der Waals surface area contributed by atoms with Gasteiger partial charge in [-0.15, -0.1) is 18.3 Å². The monoisotopic (exact) mass is 442 g/mol. The molecule has 4 nitrogen and oxygen atoms in total. The Morgan fingerprint density at radius 3 is 2.15 bits per heavy atom. The van der Waals surface area contributed by atoms with Gasteiger partial charge in [0.2, 0.25) is 0 Å². The second-order valence-corrected chi connectivity index (χ2v) is 6.13. The molecule has 0 amide bonds. The summed E-state index contributed by atoms with van der Waals surface area (Å²) in [5.74, 6) is -3.08. The van der Waals surface area contributed by atoms with Crippen LogP contribution in [0.2, 0.25) is 10.0 Å². The zero-order valence-corrected chi connectivity index (χ0v) is 15.0. The summed E-state index contributed by atoms with van der Waals surface area (Å²) in [5.41, 5.74) is -0.726. The summed E-state index contributed by atoms with van der Waals surface area (Å²) in [6, 6.07) is 4.78. The second kappa shape index (κ2) is 7.10. The number of rotatable bonds is 3. The Morgan fingerprint density at radius 2 is 1.63 bits per heavy atom. The van der Waals surface area contributed by atoms with Crippen molar-refractivity contribution < 1.29 is 31.1 Å². The number of hydrogen-bond donors (Lipinski definition) is 0. The predicted molar refractivity (Wildman–Crippen MR) is 88.7 cm³/mol. The SMILES string of the molecule is Fc1cccc(F)c1-c1nn(-c2c(Cl)cc(OC(F)(F)F)cc2Cl)c(=S)o1. The average Bonchev–Trinajstić information content (AvgIpc) is 2.86. The van der Waals surface area contributed by atoms with Gasteiger partial charge in [0.15, 0.2) is 0 Å². The molecule has 0 unspecified atom stereocenters. The molecule has 3 aromatic rings. The van der Waals surface area contributed by atoms with Crippen LogP contribution in [0.25, 0.3) is 17.1 Å². The molecule has 0 saturated carbocycles. The molecule has 142 valence electrons. The summed E-state index contributed by atoms with van der Waals surface area (Å²) in [6.45, 7) is 0. The fourth-order valence-corrected chi connectivity index (χ4v) is 3.00. The van der Waals surface area contributed by atoms with Gasteiger partial charge in [-0.1, -0.05) is 29.3 Å². The van der Waals surface area contributed by atoms with Gasteiger partial charge in [0, 0.05) is 12.1 Å². The Morgan fingerprint density at radius 1 is 1.07 bits per heavy atom. The molecular formula is C15H5Cl2F5N2O2S. The van der Waals surface area contributed by atoms with Crippen LogP contribution in [0.5, 0.6) is 5.75 Å². The van der Waals surface area contributed by atoms with Crippen LogP contribution in [-0.4, -0.2) is 16.1 Å². The molecular weight excluding hydrogens is 438 g/mol. The Balaban J connectivity index is 2.11. The maximum Gasteiger partial charge on any atom is 0.573 e. The predicted octanol–water partition coefficient (Wildman–Crippen LogP) is 6.35. The third kappa shape index (κ3) is 4.07. The van der Waals surface area contributed by atoms with Crippen molar-refractivity contribution in [2.24, 2.45) is 0 Å². The van der Waals surface area contributed by atoms with Crippen LogP contribution in [0, 0.1) is 16.5 Å². The van der Waals surface area contributed by atoms with Crippen molar-refractivity contribution in [1.29, 1.82) is 0 Å². The summed E-state index contributed by atoms with van der Waals surface area (Å²) >= 11 is 16.9. The lowest BCUT2D eigenvalue weighted by Crippen LogP contribution is -2.17. The van der Waals surface area contributed by atoms with E-state index in [1.54, 1.807) is 0 Å². The first kappa shape index (κ1) is 19.6. The third-order valence-corrected chi connectivity index (χ3v) is 3.99. The van der Waals surface area contributed by atoms with Crippen LogP contribution in [0.15, 0.2) is 34.7 Å². The van der Waals surface area contributed by atoms with E-state index in [-0.39, 0.29) is 20.6 Å². The number of nitrogens with zero attached hydrogens (tertiary/aromatic N) is 2. The number of benzene rings is 2.